The first kappa shape index (κ1) is 15.4. The molecule has 0 aliphatic rings. The lowest BCUT2D eigenvalue weighted by Crippen LogP contribution is -2.07. The van der Waals surface area contributed by atoms with E-state index in [-0.39, 0.29) is 0 Å². The van der Waals surface area contributed by atoms with E-state index in [0.717, 1.165) is 11.1 Å². The first-order valence-corrected chi connectivity index (χ1v) is 7.99. The maximum Gasteiger partial charge on any atom is 0.375 e. The average Bonchev–Trinajstić information content (AvgIpc) is 3.12. The number of carbonyl (C=O) groups is 1. The molecule has 0 saturated heterocycles. The van der Waals surface area contributed by atoms with Crippen molar-refractivity contribution in [2.75, 3.05) is 0 Å². The van der Waals surface area contributed by atoms with Crippen LogP contribution in [0.2, 0.25) is 5.02 Å². The molecule has 0 N–H and O–H groups in total. The topological polar surface area (TPSA) is 51.5 Å². The summed E-state index contributed by atoms with van der Waals surface area (Å²) < 4.78 is 0. The van der Waals surface area contributed by atoms with E-state index >= 15 is 0 Å². The summed E-state index contributed by atoms with van der Waals surface area (Å²) in [6.07, 6.45) is 3.31. The Morgan fingerprint density at radius 3 is 2.39 bits per heavy atom. The van der Waals surface area contributed by atoms with Gasteiger partial charge in [0.2, 0.25) is 0 Å². The van der Waals surface area contributed by atoms with Crippen molar-refractivity contribution in [3.63, 3.8) is 0 Å². The van der Waals surface area contributed by atoms with Gasteiger partial charge in [-0.3, -0.25) is 4.98 Å². The average molecular weight is 343 g/mol. The molecular weight excluding hydrogens is 332 g/mol. The third kappa shape index (κ3) is 3.83. The van der Waals surface area contributed by atoms with Crippen molar-refractivity contribution in [2.45, 2.75) is 0 Å². The van der Waals surface area contributed by atoms with Crippen molar-refractivity contribution < 1.29 is 9.63 Å². The van der Waals surface area contributed by atoms with Crippen molar-refractivity contribution in [2.24, 2.45) is 5.16 Å². The van der Waals surface area contributed by atoms with Crippen LogP contribution < -0.4 is 0 Å². The van der Waals surface area contributed by atoms with Gasteiger partial charge >= 0.3 is 5.97 Å². The molecule has 0 atom stereocenters. The number of aromatic nitrogens is 1. The van der Waals surface area contributed by atoms with Gasteiger partial charge in [0.05, 0.1) is 0 Å². The van der Waals surface area contributed by atoms with Crippen LogP contribution in [0, 0.1) is 0 Å². The molecule has 0 fully saturated rings. The van der Waals surface area contributed by atoms with Crippen molar-refractivity contribution in [3.8, 4) is 0 Å². The summed E-state index contributed by atoms with van der Waals surface area (Å²) in [6, 6.07) is 14.2. The standard InChI is InChI=1S/C17H11ClN2O2S/c18-14-5-3-12(4-6-14)16(13-7-9-19-10-8-13)20-22-17(21)15-2-1-11-23-15/h1-11H. The van der Waals surface area contributed by atoms with E-state index in [1.54, 1.807) is 48.8 Å². The molecule has 23 heavy (non-hydrogen) atoms. The third-order valence-corrected chi connectivity index (χ3v) is 4.12. The number of hydrogen-bond acceptors (Lipinski definition) is 5. The molecule has 1 aromatic carbocycles. The first-order valence-electron chi connectivity index (χ1n) is 6.73. The van der Waals surface area contributed by atoms with Gasteiger partial charge in [-0.1, -0.05) is 35.0 Å². The Morgan fingerprint density at radius 2 is 1.74 bits per heavy atom. The highest BCUT2D eigenvalue weighted by molar-refractivity contribution is 7.11. The molecular formula is C17H11ClN2O2S. The van der Waals surface area contributed by atoms with Crippen LogP contribution in [-0.2, 0) is 4.84 Å². The van der Waals surface area contributed by atoms with Gasteiger partial charge in [0.25, 0.3) is 0 Å². The van der Waals surface area contributed by atoms with Crippen molar-refractivity contribution in [1.82, 2.24) is 4.98 Å². The zero-order chi connectivity index (χ0) is 16.1. The van der Waals surface area contributed by atoms with Gasteiger partial charge in [-0.25, -0.2) is 4.79 Å². The minimum atomic E-state index is -0.486. The van der Waals surface area contributed by atoms with Gasteiger partial charge in [0.15, 0.2) is 0 Å². The van der Waals surface area contributed by atoms with Gasteiger partial charge in [-0.15, -0.1) is 11.3 Å². The van der Waals surface area contributed by atoms with Crippen molar-refractivity contribution in [1.29, 1.82) is 0 Å². The summed E-state index contributed by atoms with van der Waals surface area (Å²) in [5.41, 5.74) is 2.12. The number of nitrogens with zero attached hydrogens (tertiary/aromatic N) is 2. The molecule has 0 spiro atoms. The summed E-state index contributed by atoms with van der Waals surface area (Å²) in [7, 11) is 0. The Bertz CT molecular complexity index is 816. The van der Waals surface area contributed by atoms with Crippen LogP contribution in [-0.4, -0.2) is 16.7 Å². The summed E-state index contributed by atoms with van der Waals surface area (Å²) >= 11 is 7.23. The SMILES string of the molecule is O=C(ON=C(c1ccncc1)c1ccc(Cl)cc1)c1cccs1. The molecule has 0 radical (unpaired) electrons. The fourth-order valence-electron chi connectivity index (χ4n) is 1.92. The Kier molecular flexibility index (Phi) is 4.80. The molecule has 6 heteroatoms. The second kappa shape index (κ2) is 7.17. The maximum atomic E-state index is 12.0. The van der Waals surface area contributed by atoms with E-state index in [1.165, 1.54) is 11.3 Å². The molecule has 114 valence electrons. The van der Waals surface area contributed by atoms with Gasteiger partial charge in [0.1, 0.15) is 10.6 Å². The zero-order valence-corrected chi connectivity index (χ0v) is 13.4. The van der Waals surface area contributed by atoms with Crippen LogP contribution >= 0.6 is 22.9 Å². The number of rotatable bonds is 4. The lowest BCUT2D eigenvalue weighted by molar-refractivity contribution is 0.0523. The Morgan fingerprint density at radius 1 is 1.04 bits per heavy atom. The Labute approximate surface area is 142 Å². The van der Waals surface area contributed by atoms with E-state index in [0.29, 0.717) is 15.6 Å². The predicted octanol–water partition coefficient (Wildman–Crippen LogP) is 4.41. The monoisotopic (exact) mass is 342 g/mol. The zero-order valence-electron chi connectivity index (χ0n) is 11.8. The molecule has 0 unspecified atom stereocenters. The highest BCUT2D eigenvalue weighted by atomic mass is 35.5. The molecule has 0 amide bonds. The van der Waals surface area contributed by atoms with E-state index in [2.05, 4.69) is 10.1 Å². The van der Waals surface area contributed by atoms with Crippen LogP contribution in [0.1, 0.15) is 20.8 Å². The molecule has 2 aromatic heterocycles. The molecule has 3 aromatic rings. The fraction of sp³-hybridized carbons (Fsp3) is 0. The van der Waals surface area contributed by atoms with Gasteiger partial charge in [-0.2, -0.15) is 0 Å². The number of pyridine rings is 1. The fourth-order valence-corrected chi connectivity index (χ4v) is 2.64. The second-order valence-electron chi connectivity index (χ2n) is 4.54. The number of oxime groups is 1. The second-order valence-corrected chi connectivity index (χ2v) is 5.92. The number of benzene rings is 1. The lowest BCUT2D eigenvalue weighted by Gasteiger charge is -2.06. The molecule has 0 aliphatic carbocycles. The van der Waals surface area contributed by atoms with Gasteiger partial charge in [0, 0.05) is 28.5 Å². The van der Waals surface area contributed by atoms with E-state index in [9.17, 15) is 4.79 Å². The molecule has 0 aliphatic heterocycles. The molecule has 2 heterocycles. The van der Waals surface area contributed by atoms with Crippen LogP contribution in [0.4, 0.5) is 0 Å². The summed E-state index contributed by atoms with van der Waals surface area (Å²) in [4.78, 5) is 21.6. The third-order valence-electron chi connectivity index (χ3n) is 3.01. The minimum absolute atomic E-state index is 0.486. The first-order chi connectivity index (χ1) is 11.2. The van der Waals surface area contributed by atoms with Crippen LogP contribution in [0.25, 0.3) is 0 Å². The summed E-state index contributed by atoms with van der Waals surface area (Å²) in [5.74, 6) is -0.486. The minimum Gasteiger partial charge on any atom is -0.311 e. The molecule has 4 nitrogen and oxygen atoms in total. The van der Waals surface area contributed by atoms with E-state index < -0.39 is 5.97 Å². The smallest absolute Gasteiger partial charge is 0.311 e. The van der Waals surface area contributed by atoms with Crippen LogP contribution in [0.5, 0.6) is 0 Å². The molecule has 0 bridgehead atoms. The van der Waals surface area contributed by atoms with Crippen LogP contribution in [0.3, 0.4) is 0 Å². The van der Waals surface area contributed by atoms with Crippen LogP contribution in [0.15, 0.2) is 71.5 Å². The number of halogens is 1. The van der Waals surface area contributed by atoms with E-state index in [4.69, 9.17) is 16.4 Å². The normalized spacial score (nSPS) is 11.3. The number of hydrogen-bond donors (Lipinski definition) is 0. The van der Waals surface area contributed by atoms with Crippen molar-refractivity contribution >= 4 is 34.6 Å². The summed E-state index contributed by atoms with van der Waals surface area (Å²) in [5, 5.41) is 6.49. The number of thiophene rings is 1. The molecule has 3 rings (SSSR count). The van der Waals surface area contributed by atoms with Crippen molar-refractivity contribution in [3.05, 3.63) is 87.3 Å². The van der Waals surface area contributed by atoms with Gasteiger partial charge in [-0.05, 0) is 35.7 Å². The lowest BCUT2D eigenvalue weighted by atomic mass is 10.0. The number of carbonyl (C=O) groups excluding carboxylic acids is 1. The maximum absolute atomic E-state index is 12.0. The Hall–Kier alpha value is -2.50. The highest BCUT2D eigenvalue weighted by Crippen LogP contribution is 2.16. The van der Waals surface area contributed by atoms with Gasteiger partial charge < -0.3 is 4.84 Å². The molecule has 0 saturated carbocycles. The predicted molar refractivity (Wildman–Crippen MR) is 91.1 cm³/mol. The summed E-state index contributed by atoms with van der Waals surface area (Å²) in [6.45, 7) is 0. The van der Waals surface area contributed by atoms with E-state index in [1.807, 2.05) is 17.5 Å². The quantitative estimate of drug-likeness (QED) is 0.401. The Balaban J connectivity index is 1.93. The largest absolute Gasteiger partial charge is 0.375 e. The highest BCUT2D eigenvalue weighted by Gasteiger charge is 2.12.